The van der Waals surface area contributed by atoms with E-state index in [0.717, 1.165) is 18.7 Å². The molecule has 0 aromatic heterocycles. The molecule has 1 unspecified atom stereocenters. The monoisotopic (exact) mass is 279 g/mol. The Hall–Kier alpha value is -1.14. The van der Waals surface area contributed by atoms with Gasteiger partial charge in [-0.15, -0.1) is 0 Å². The molecule has 0 heterocycles. The largest absolute Gasteiger partial charge is 0.419 e. The van der Waals surface area contributed by atoms with Gasteiger partial charge in [0.25, 0.3) is 0 Å². The van der Waals surface area contributed by atoms with Gasteiger partial charge in [0.2, 0.25) is 0 Å². The Balaban J connectivity index is 2.93. The van der Waals surface area contributed by atoms with Crippen molar-refractivity contribution in [1.29, 1.82) is 0 Å². The van der Waals surface area contributed by atoms with Gasteiger partial charge in [-0.3, -0.25) is 0 Å². The van der Waals surface area contributed by atoms with Crippen molar-refractivity contribution in [2.45, 2.75) is 32.0 Å². The highest BCUT2D eigenvalue weighted by molar-refractivity contribution is 5.30. The molecule has 19 heavy (non-hydrogen) atoms. The minimum Gasteiger partial charge on any atom is -0.385 e. The van der Waals surface area contributed by atoms with Gasteiger partial charge in [0.1, 0.15) is 5.82 Å². The third-order valence-corrected chi connectivity index (χ3v) is 2.93. The summed E-state index contributed by atoms with van der Waals surface area (Å²) in [6, 6.07) is 2.51. The fraction of sp³-hybridized carbons (Fsp3) is 0.538. The number of aliphatic hydroxyl groups is 1. The molecule has 6 heteroatoms. The molecule has 0 aliphatic heterocycles. The fourth-order valence-electron chi connectivity index (χ4n) is 1.73. The van der Waals surface area contributed by atoms with E-state index in [9.17, 15) is 22.7 Å². The number of alkyl halides is 3. The van der Waals surface area contributed by atoms with E-state index in [4.69, 9.17) is 0 Å². The highest BCUT2D eigenvalue weighted by atomic mass is 19.4. The topological polar surface area (TPSA) is 32.3 Å². The lowest BCUT2D eigenvalue weighted by Gasteiger charge is -2.24. The van der Waals surface area contributed by atoms with E-state index >= 15 is 0 Å². The first kappa shape index (κ1) is 15.9. The molecule has 108 valence electrons. The molecule has 0 aliphatic carbocycles. The molecule has 0 amide bonds. The van der Waals surface area contributed by atoms with Crippen molar-refractivity contribution in [3.63, 3.8) is 0 Å². The van der Waals surface area contributed by atoms with Crippen molar-refractivity contribution in [2.75, 3.05) is 13.1 Å². The lowest BCUT2D eigenvalue weighted by Crippen LogP contribution is -2.28. The molecule has 2 nitrogen and oxygen atoms in total. The summed E-state index contributed by atoms with van der Waals surface area (Å²) in [4.78, 5) is 0. The average molecular weight is 279 g/mol. The first-order valence-electron chi connectivity index (χ1n) is 5.99. The summed E-state index contributed by atoms with van der Waals surface area (Å²) in [5.74, 6) is -1.37. The molecule has 0 radical (unpaired) electrons. The lowest BCUT2D eigenvalue weighted by atomic mass is 9.91. The lowest BCUT2D eigenvalue weighted by molar-refractivity contribution is -0.140. The van der Waals surface area contributed by atoms with E-state index in [1.54, 1.807) is 0 Å². The Morgan fingerprint density at radius 3 is 2.37 bits per heavy atom. The standard InChI is InChI=1S/C13H17F4NO/c1-3-18-7-6-12(2,19)9-4-5-10(11(14)8-9)13(15,16)17/h4-5,8,18-19H,3,6-7H2,1-2H3. The van der Waals surface area contributed by atoms with Gasteiger partial charge in [0.15, 0.2) is 0 Å². The fourth-order valence-corrected chi connectivity index (χ4v) is 1.73. The molecule has 2 N–H and O–H groups in total. The zero-order chi connectivity index (χ0) is 14.7. The summed E-state index contributed by atoms with van der Waals surface area (Å²) in [5.41, 5.74) is -2.55. The van der Waals surface area contributed by atoms with E-state index in [2.05, 4.69) is 5.32 Å². The minimum absolute atomic E-state index is 0.135. The van der Waals surface area contributed by atoms with Crippen LogP contribution in [0.2, 0.25) is 0 Å². The van der Waals surface area contributed by atoms with Crippen LogP contribution in [-0.4, -0.2) is 18.2 Å². The van der Waals surface area contributed by atoms with Crippen molar-refractivity contribution >= 4 is 0 Å². The second-order valence-corrected chi connectivity index (χ2v) is 4.57. The van der Waals surface area contributed by atoms with Crippen molar-refractivity contribution in [3.05, 3.63) is 35.1 Å². The number of hydrogen-bond donors (Lipinski definition) is 2. The normalized spacial score (nSPS) is 15.3. The first-order valence-corrected chi connectivity index (χ1v) is 5.99. The summed E-state index contributed by atoms with van der Waals surface area (Å²) < 4.78 is 50.7. The molecule has 0 spiro atoms. The summed E-state index contributed by atoms with van der Waals surface area (Å²) in [6.45, 7) is 4.56. The van der Waals surface area contributed by atoms with Gasteiger partial charge in [-0.05, 0) is 44.1 Å². The number of halogens is 4. The predicted octanol–water partition coefficient (Wildman–Crippen LogP) is 3.05. The van der Waals surface area contributed by atoms with Crippen LogP contribution in [0.5, 0.6) is 0 Å². The molecule has 0 aliphatic rings. The number of benzene rings is 1. The van der Waals surface area contributed by atoms with Crippen LogP contribution in [0, 0.1) is 5.82 Å². The smallest absolute Gasteiger partial charge is 0.385 e. The average Bonchev–Trinajstić information content (AvgIpc) is 2.27. The van der Waals surface area contributed by atoms with Crippen LogP contribution in [0.15, 0.2) is 18.2 Å². The maximum atomic E-state index is 13.4. The van der Waals surface area contributed by atoms with Gasteiger partial charge in [-0.25, -0.2) is 4.39 Å². The highest BCUT2D eigenvalue weighted by Crippen LogP contribution is 2.34. The Bertz CT molecular complexity index is 429. The van der Waals surface area contributed by atoms with Crippen molar-refractivity contribution in [2.24, 2.45) is 0 Å². The Morgan fingerprint density at radius 2 is 1.89 bits per heavy atom. The molecule has 0 saturated heterocycles. The highest BCUT2D eigenvalue weighted by Gasteiger charge is 2.35. The molecule has 1 aromatic rings. The zero-order valence-corrected chi connectivity index (χ0v) is 10.8. The minimum atomic E-state index is -4.72. The van der Waals surface area contributed by atoms with Gasteiger partial charge in [0.05, 0.1) is 11.2 Å². The van der Waals surface area contributed by atoms with E-state index in [-0.39, 0.29) is 12.0 Å². The van der Waals surface area contributed by atoms with Gasteiger partial charge in [0, 0.05) is 0 Å². The Morgan fingerprint density at radius 1 is 1.26 bits per heavy atom. The van der Waals surface area contributed by atoms with Gasteiger partial charge in [-0.1, -0.05) is 13.0 Å². The molecular formula is C13H17F4NO. The van der Waals surface area contributed by atoms with E-state index in [1.165, 1.54) is 6.92 Å². The Labute approximate surface area is 109 Å². The second-order valence-electron chi connectivity index (χ2n) is 4.57. The number of nitrogens with one attached hydrogen (secondary N) is 1. The maximum Gasteiger partial charge on any atom is 0.419 e. The maximum absolute atomic E-state index is 13.4. The molecule has 0 saturated carbocycles. The quantitative estimate of drug-likeness (QED) is 0.641. The molecular weight excluding hydrogens is 262 g/mol. The van der Waals surface area contributed by atoms with Crippen LogP contribution in [0.25, 0.3) is 0 Å². The van der Waals surface area contributed by atoms with Crippen molar-refractivity contribution < 1.29 is 22.7 Å². The summed E-state index contributed by atoms with van der Waals surface area (Å²) in [6.07, 6.45) is -4.44. The van der Waals surface area contributed by atoms with Gasteiger partial charge < -0.3 is 10.4 Å². The third-order valence-electron chi connectivity index (χ3n) is 2.93. The van der Waals surface area contributed by atoms with Crippen molar-refractivity contribution in [3.8, 4) is 0 Å². The summed E-state index contributed by atoms with van der Waals surface area (Å²) >= 11 is 0. The van der Waals surface area contributed by atoms with Crippen molar-refractivity contribution in [1.82, 2.24) is 5.32 Å². The summed E-state index contributed by atoms with van der Waals surface area (Å²) in [7, 11) is 0. The van der Waals surface area contributed by atoms with Gasteiger partial charge >= 0.3 is 6.18 Å². The molecule has 1 rings (SSSR count). The molecule has 1 aromatic carbocycles. The van der Waals surface area contributed by atoms with E-state index < -0.39 is 23.2 Å². The van der Waals surface area contributed by atoms with E-state index in [1.807, 2.05) is 6.92 Å². The molecule has 1 atom stereocenters. The first-order chi connectivity index (χ1) is 8.68. The SMILES string of the molecule is CCNCCC(C)(O)c1ccc(C(F)(F)F)c(F)c1. The van der Waals surface area contributed by atoms with Crippen LogP contribution in [0.1, 0.15) is 31.4 Å². The van der Waals surface area contributed by atoms with Crippen LogP contribution >= 0.6 is 0 Å². The van der Waals surface area contributed by atoms with Crippen LogP contribution in [0.4, 0.5) is 17.6 Å². The Kier molecular flexibility index (Phi) is 4.92. The van der Waals surface area contributed by atoms with Crippen LogP contribution < -0.4 is 5.32 Å². The van der Waals surface area contributed by atoms with Gasteiger partial charge in [-0.2, -0.15) is 13.2 Å². The molecule has 0 fully saturated rings. The van der Waals surface area contributed by atoms with Crippen LogP contribution in [-0.2, 0) is 11.8 Å². The summed E-state index contributed by atoms with van der Waals surface area (Å²) in [5, 5.41) is 13.1. The number of hydrogen-bond acceptors (Lipinski definition) is 2. The number of rotatable bonds is 5. The predicted molar refractivity (Wildman–Crippen MR) is 64.1 cm³/mol. The third kappa shape index (κ3) is 4.18. The van der Waals surface area contributed by atoms with E-state index in [0.29, 0.717) is 12.6 Å². The molecule has 0 bridgehead atoms. The second kappa shape index (κ2) is 5.88. The zero-order valence-electron chi connectivity index (χ0n) is 10.8. The van der Waals surface area contributed by atoms with Crippen LogP contribution in [0.3, 0.4) is 0 Å².